The highest BCUT2D eigenvalue weighted by molar-refractivity contribution is 5.87. The van der Waals surface area contributed by atoms with Crippen LogP contribution in [0.4, 0.5) is 0 Å². The van der Waals surface area contributed by atoms with E-state index >= 15 is 0 Å². The second-order valence-corrected chi connectivity index (χ2v) is 7.22. The molecule has 1 aliphatic carbocycles. The number of carbonyl (C=O) groups excluding carboxylic acids is 2. The van der Waals surface area contributed by atoms with Gasteiger partial charge in [-0.3, -0.25) is 14.5 Å². The van der Waals surface area contributed by atoms with Gasteiger partial charge in [0.2, 0.25) is 11.8 Å². The molecule has 1 N–H and O–H groups in total. The summed E-state index contributed by atoms with van der Waals surface area (Å²) in [5.41, 5.74) is -0.210. The molecule has 2 heterocycles. The van der Waals surface area contributed by atoms with Crippen molar-refractivity contribution in [3.05, 3.63) is 0 Å². The largest absolute Gasteiger partial charge is 0.359 e. The van der Waals surface area contributed by atoms with E-state index in [1.807, 2.05) is 0 Å². The van der Waals surface area contributed by atoms with Gasteiger partial charge >= 0.3 is 0 Å². The van der Waals surface area contributed by atoms with E-state index in [0.717, 1.165) is 45.4 Å². The van der Waals surface area contributed by atoms with Crippen LogP contribution in [0.5, 0.6) is 0 Å². The summed E-state index contributed by atoms with van der Waals surface area (Å²) in [5, 5.41) is 2.69. The Morgan fingerprint density at radius 1 is 1.09 bits per heavy atom. The lowest BCUT2D eigenvalue weighted by molar-refractivity contribution is -0.143. The third kappa shape index (κ3) is 2.87. The second-order valence-electron chi connectivity index (χ2n) is 7.22. The summed E-state index contributed by atoms with van der Waals surface area (Å²) in [6, 6.07) is 0. The van der Waals surface area contributed by atoms with Crippen LogP contribution in [-0.2, 0) is 9.59 Å². The molecule has 0 spiro atoms. The smallest absolute Gasteiger partial charge is 0.243 e. The molecule has 1 atom stereocenters. The standard InChI is InChI=1S/C17H29N3O2/c1-18-15(21)12-14-6-11-19(13-14)16(22)17(7-2-3-8-17)20-9-4-5-10-20/h14H,2-13H2,1H3,(H,18,21). The van der Waals surface area contributed by atoms with Gasteiger partial charge in [0.1, 0.15) is 5.54 Å². The molecule has 124 valence electrons. The lowest BCUT2D eigenvalue weighted by Crippen LogP contribution is -2.57. The third-order valence-corrected chi connectivity index (χ3v) is 5.87. The Labute approximate surface area is 133 Å². The van der Waals surface area contributed by atoms with E-state index in [1.165, 1.54) is 25.7 Å². The first-order valence-electron chi connectivity index (χ1n) is 8.91. The monoisotopic (exact) mass is 307 g/mol. The summed E-state index contributed by atoms with van der Waals surface area (Å²) in [4.78, 5) is 29.3. The number of hydrogen-bond donors (Lipinski definition) is 1. The van der Waals surface area contributed by atoms with Crippen molar-refractivity contribution in [2.75, 3.05) is 33.2 Å². The van der Waals surface area contributed by atoms with Gasteiger partial charge in [-0.05, 0) is 51.1 Å². The maximum absolute atomic E-state index is 13.2. The number of nitrogens with one attached hydrogen (secondary N) is 1. The lowest BCUT2D eigenvalue weighted by atomic mass is 9.93. The summed E-state index contributed by atoms with van der Waals surface area (Å²) >= 11 is 0. The molecule has 0 aromatic heterocycles. The summed E-state index contributed by atoms with van der Waals surface area (Å²) in [7, 11) is 1.68. The molecule has 2 saturated heterocycles. The maximum Gasteiger partial charge on any atom is 0.243 e. The van der Waals surface area contributed by atoms with Gasteiger partial charge in [-0.15, -0.1) is 0 Å². The maximum atomic E-state index is 13.2. The van der Waals surface area contributed by atoms with Crippen LogP contribution in [-0.4, -0.2) is 60.4 Å². The van der Waals surface area contributed by atoms with Crippen molar-refractivity contribution in [1.82, 2.24) is 15.1 Å². The second kappa shape index (κ2) is 6.57. The molecule has 3 fully saturated rings. The quantitative estimate of drug-likeness (QED) is 0.854. The number of carbonyl (C=O) groups is 2. The van der Waals surface area contributed by atoms with Crippen molar-refractivity contribution in [1.29, 1.82) is 0 Å². The summed E-state index contributed by atoms with van der Waals surface area (Å²) < 4.78 is 0. The first kappa shape index (κ1) is 15.8. The minimum atomic E-state index is -0.210. The Morgan fingerprint density at radius 3 is 2.41 bits per heavy atom. The van der Waals surface area contributed by atoms with E-state index in [-0.39, 0.29) is 11.4 Å². The van der Waals surface area contributed by atoms with Crippen LogP contribution >= 0.6 is 0 Å². The molecule has 22 heavy (non-hydrogen) atoms. The van der Waals surface area contributed by atoms with Gasteiger partial charge in [-0.25, -0.2) is 0 Å². The van der Waals surface area contributed by atoms with Crippen LogP contribution in [0.15, 0.2) is 0 Å². The molecule has 0 radical (unpaired) electrons. The van der Waals surface area contributed by atoms with Crippen LogP contribution < -0.4 is 5.32 Å². The summed E-state index contributed by atoms with van der Waals surface area (Å²) in [5.74, 6) is 0.779. The molecule has 5 nitrogen and oxygen atoms in total. The number of amides is 2. The molecule has 2 amide bonds. The van der Waals surface area contributed by atoms with Gasteiger partial charge in [-0.2, -0.15) is 0 Å². The Balaban J connectivity index is 1.66. The highest BCUT2D eigenvalue weighted by atomic mass is 16.2. The van der Waals surface area contributed by atoms with E-state index in [4.69, 9.17) is 0 Å². The lowest BCUT2D eigenvalue weighted by Gasteiger charge is -2.40. The zero-order valence-corrected chi connectivity index (χ0v) is 13.8. The molecule has 2 aliphatic heterocycles. The molecule has 5 heteroatoms. The fourth-order valence-corrected chi connectivity index (χ4v) is 4.61. The van der Waals surface area contributed by atoms with Gasteiger partial charge in [0.25, 0.3) is 0 Å². The zero-order chi connectivity index (χ0) is 15.6. The number of hydrogen-bond acceptors (Lipinski definition) is 3. The molecule has 3 rings (SSSR count). The first-order valence-corrected chi connectivity index (χ1v) is 8.91. The van der Waals surface area contributed by atoms with Gasteiger partial charge in [-0.1, -0.05) is 12.8 Å². The van der Waals surface area contributed by atoms with Gasteiger partial charge < -0.3 is 10.2 Å². The predicted molar refractivity (Wildman–Crippen MR) is 85.4 cm³/mol. The minimum absolute atomic E-state index is 0.0921. The van der Waals surface area contributed by atoms with Crippen LogP contribution in [0, 0.1) is 5.92 Å². The number of nitrogens with zero attached hydrogens (tertiary/aromatic N) is 2. The molecular formula is C17H29N3O2. The highest BCUT2D eigenvalue weighted by Gasteiger charge is 2.49. The Bertz CT molecular complexity index is 426. The van der Waals surface area contributed by atoms with Crippen molar-refractivity contribution in [2.45, 2.75) is 56.9 Å². The van der Waals surface area contributed by atoms with E-state index in [0.29, 0.717) is 18.2 Å². The van der Waals surface area contributed by atoms with Crippen molar-refractivity contribution < 1.29 is 9.59 Å². The molecule has 0 aromatic carbocycles. The molecule has 0 bridgehead atoms. The van der Waals surface area contributed by atoms with Crippen LogP contribution in [0.1, 0.15) is 51.4 Å². The van der Waals surface area contributed by atoms with Crippen molar-refractivity contribution in [3.63, 3.8) is 0 Å². The number of likely N-dealkylation sites (tertiary alicyclic amines) is 2. The fourth-order valence-electron chi connectivity index (χ4n) is 4.61. The van der Waals surface area contributed by atoms with Crippen molar-refractivity contribution in [3.8, 4) is 0 Å². The zero-order valence-electron chi connectivity index (χ0n) is 13.8. The average Bonchev–Trinajstić information content (AvgIpc) is 3.26. The minimum Gasteiger partial charge on any atom is -0.359 e. The average molecular weight is 307 g/mol. The van der Waals surface area contributed by atoms with Crippen molar-refractivity contribution in [2.24, 2.45) is 5.92 Å². The highest BCUT2D eigenvalue weighted by Crippen LogP contribution is 2.40. The van der Waals surface area contributed by atoms with Crippen LogP contribution in [0.3, 0.4) is 0 Å². The first-order chi connectivity index (χ1) is 10.7. The van der Waals surface area contributed by atoms with Gasteiger partial charge in [0.15, 0.2) is 0 Å². The topological polar surface area (TPSA) is 52.7 Å². The van der Waals surface area contributed by atoms with E-state index in [9.17, 15) is 9.59 Å². The van der Waals surface area contributed by atoms with Crippen LogP contribution in [0.25, 0.3) is 0 Å². The molecule has 1 unspecified atom stereocenters. The van der Waals surface area contributed by atoms with Gasteiger partial charge in [0, 0.05) is 26.6 Å². The fraction of sp³-hybridized carbons (Fsp3) is 0.882. The predicted octanol–water partition coefficient (Wildman–Crippen LogP) is 1.38. The SMILES string of the molecule is CNC(=O)CC1CCN(C(=O)C2(N3CCCC3)CCCC2)C1. The molecule has 0 aromatic rings. The van der Waals surface area contributed by atoms with Crippen molar-refractivity contribution >= 4 is 11.8 Å². The normalized spacial score (nSPS) is 28.2. The van der Waals surface area contributed by atoms with Gasteiger partial charge in [0.05, 0.1) is 0 Å². The number of rotatable bonds is 4. The summed E-state index contributed by atoms with van der Waals surface area (Å²) in [6.07, 6.45) is 8.40. The molecule has 3 aliphatic rings. The van der Waals surface area contributed by atoms with E-state index in [2.05, 4.69) is 15.1 Å². The third-order valence-electron chi connectivity index (χ3n) is 5.87. The Kier molecular flexibility index (Phi) is 4.71. The summed E-state index contributed by atoms with van der Waals surface area (Å²) in [6.45, 7) is 3.76. The van der Waals surface area contributed by atoms with Crippen LogP contribution in [0.2, 0.25) is 0 Å². The van der Waals surface area contributed by atoms with E-state index < -0.39 is 0 Å². The molecular weight excluding hydrogens is 278 g/mol. The Hall–Kier alpha value is -1.10. The van der Waals surface area contributed by atoms with E-state index in [1.54, 1.807) is 7.05 Å². The Morgan fingerprint density at radius 2 is 1.77 bits per heavy atom. The molecule has 1 saturated carbocycles.